The monoisotopic (exact) mass is 264 g/mol. The predicted molar refractivity (Wildman–Crippen MR) is 58.6 cm³/mol. The summed E-state index contributed by atoms with van der Waals surface area (Å²) in [6, 6.07) is 11.4. The molecule has 0 radical (unpaired) electrons. The Bertz CT molecular complexity index is 263. The molecular weight excluding hydrogens is 256 g/mol. The van der Waals surface area contributed by atoms with Gasteiger partial charge in [-0.25, -0.2) is 0 Å². The molecule has 0 amide bonds. The maximum absolute atomic E-state index is 6.75. The van der Waals surface area contributed by atoms with Gasteiger partial charge in [-0.1, -0.05) is 12.1 Å². The van der Waals surface area contributed by atoms with Gasteiger partial charge < -0.3 is 11.1 Å². The first kappa shape index (κ1) is 16.7. The number of pyridine rings is 2. The summed E-state index contributed by atoms with van der Waals surface area (Å²) in [7, 11) is 0. The Labute approximate surface area is 107 Å². The minimum atomic E-state index is 0. The van der Waals surface area contributed by atoms with Crippen LogP contribution in [0.15, 0.2) is 61.2 Å². The molecule has 0 fully saturated rings. The largest absolute Gasteiger partial charge is 2.00 e. The molecule has 6 heteroatoms. The van der Waals surface area contributed by atoms with Crippen molar-refractivity contribution >= 4 is 0 Å². The summed E-state index contributed by atoms with van der Waals surface area (Å²) in [5, 5.41) is 0. The van der Waals surface area contributed by atoms with Crippen molar-refractivity contribution in [3.8, 4) is 0 Å². The molecule has 0 saturated carbocycles. The summed E-state index contributed by atoms with van der Waals surface area (Å²) in [5.41, 5.74) is 13.5. The average Bonchev–Trinajstić information content (AvgIpc) is 2.35. The standard InChI is InChI=1S/2C5H5N.N3.Zn/c2*1-2-4-6-5-3-1;1-3-2;/h2*1-5H;;/q;;-1;+2. The summed E-state index contributed by atoms with van der Waals surface area (Å²) in [6.45, 7) is 0. The van der Waals surface area contributed by atoms with Gasteiger partial charge in [-0.3, -0.25) is 14.9 Å². The van der Waals surface area contributed by atoms with Crippen molar-refractivity contribution < 1.29 is 19.5 Å². The Kier molecular flexibility index (Phi) is 16.3. The fourth-order valence-electron chi connectivity index (χ4n) is 0.625. The van der Waals surface area contributed by atoms with E-state index in [0.717, 1.165) is 0 Å². The Hall–Kier alpha value is -1.77. The van der Waals surface area contributed by atoms with Gasteiger partial charge >= 0.3 is 19.5 Å². The molecule has 2 aromatic heterocycles. The van der Waals surface area contributed by atoms with Crippen molar-refractivity contribution in [3.05, 3.63) is 77.2 Å². The van der Waals surface area contributed by atoms with E-state index in [1.54, 1.807) is 24.8 Å². The van der Waals surface area contributed by atoms with Crippen LogP contribution in [0.3, 0.4) is 0 Å². The topological polar surface area (TPSA) is 84.5 Å². The second-order valence-corrected chi connectivity index (χ2v) is 2.14. The minimum Gasteiger partial charge on any atom is -0.373 e. The van der Waals surface area contributed by atoms with Crippen molar-refractivity contribution in [2.75, 3.05) is 0 Å². The van der Waals surface area contributed by atoms with Crippen LogP contribution in [0.5, 0.6) is 0 Å². The van der Waals surface area contributed by atoms with Crippen LogP contribution in [0.25, 0.3) is 16.0 Å². The van der Waals surface area contributed by atoms with E-state index in [4.69, 9.17) is 11.1 Å². The van der Waals surface area contributed by atoms with Crippen molar-refractivity contribution in [3.63, 3.8) is 0 Å². The maximum Gasteiger partial charge on any atom is 2.00 e. The average molecular weight is 266 g/mol. The summed E-state index contributed by atoms with van der Waals surface area (Å²) in [5.74, 6) is 0. The van der Waals surface area contributed by atoms with Crippen LogP contribution in [0.2, 0.25) is 0 Å². The van der Waals surface area contributed by atoms with Gasteiger partial charge in [0.05, 0.1) is 0 Å². The third-order valence-electron chi connectivity index (χ3n) is 1.13. The molecule has 0 spiro atoms. The Morgan fingerprint density at radius 2 is 0.875 bits per heavy atom. The van der Waals surface area contributed by atoms with E-state index in [0.29, 0.717) is 0 Å². The predicted octanol–water partition coefficient (Wildman–Crippen LogP) is 3.03. The smallest absolute Gasteiger partial charge is 0.373 e. The Morgan fingerprint density at radius 3 is 0.938 bits per heavy atom. The van der Waals surface area contributed by atoms with Crippen LogP contribution in [-0.4, -0.2) is 9.97 Å². The van der Waals surface area contributed by atoms with Crippen LogP contribution in [0.4, 0.5) is 0 Å². The molecule has 76 valence electrons. The molecule has 0 aliphatic carbocycles. The van der Waals surface area contributed by atoms with Crippen molar-refractivity contribution in [2.45, 2.75) is 0 Å². The molecule has 16 heavy (non-hydrogen) atoms. The fraction of sp³-hybridized carbons (Fsp3) is 0. The first-order valence-electron chi connectivity index (χ1n) is 4.10. The van der Waals surface area contributed by atoms with Crippen LogP contribution >= 0.6 is 0 Å². The third-order valence-corrected chi connectivity index (χ3v) is 1.13. The molecule has 0 saturated heterocycles. The van der Waals surface area contributed by atoms with Gasteiger partial charge in [0.2, 0.25) is 0 Å². The van der Waals surface area contributed by atoms with Gasteiger partial charge in [-0.05, 0) is 24.3 Å². The van der Waals surface area contributed by atoms with Gasteiger partial charge in [0, 0.05) is 24.8 Å². The van der Waals surface area contributed by atoms with Crippen LogP contribution in [-0.2, 0) is 19.5 Å². The van der Waals surface area contributed by atoms with Gasteiger partial charge in [-0.15, -0.1) is 0 Å². The molecule has 0 N–H and O–H groups in total. The number of hydrogen-bond donors (Lipinski definition) is 0. The summed E-state index contributed by atoms with van der Waals surface area (Å²) < 4.78 is 0. The zero-order valence-corrected chi connectivity index (χ0v) is 11.7. The SMILES string of the molecule is [N-]=[N+]=[N-].[Zn+2].c1ccncc1.c1ccncc1. The number of rotatable bonds is 0. The van der Waals surface area contributed by atoms with Crippen LogP contribution in [0.1, 0.15) is 0 Å². The Morgan fingerprint density at radius 1 is 0.625 bits per heavy atom. The molecule has 2 rings (SSSR count). The molecule has 0 unspecified atom stereocenters. The first-order chi connectivity index (χ1) is 7.41. The number of nitrogens with zero attached hydrogens (tertiary/aromatic N) is 5. The molecule has 5 nitrogen and oxygen atoms in total. The normalized spacial score (nSPS) is 6.50. The fourth-order valence-corrected chi connectivity index (χ4v) is 0.625. The second-order valence-electron chi connectivity index (χ2n) is 2.14. The van der Waals surface area contributed by atoms with E-state index in [2.05, 4.69) is 9.97 Å². The Balaban J connectivity index is 0. The van der Waals surface area contributed by atoms with Crippen molar-refractivity contribution in [2.24, 2.45) is 0 Å². The summed E-state index contributed by atoms with van der Waals surface area (Å²) in [6.07, 6.45) is 7.00. The quantitative estimate of drug-likeness (QED) is 0.317. The van der Waals surface area contributed by atoms with E-state index in [1.165, 1.54) is 4.91 Å². The van der Waals surface area contributed by atoms with Gasteiger partial charge in [0.1, 0.15) is 0 Å². The molecule has 0 atom stereocenters. The molecule has 2 aromatic rings. The third kappa shape index (κ3) is 14.7. The van der Waals surface area contributed by atoms with Crippen molar-refractivity contribution in [1.29, 1.82) is 0 Å². The van der Waals surface area contributed by atoms with Crippen LogP contribution in [0, 0.1) is 0 Å². The number of hydrogen-bond acceptors (Lipinski definition) is 2. The van der Waals surface area contributed by atoms with E-state index in [9.17, 15) is 0 Å². The first-order valence-corrected chi connectivity index (χ1v) is 4.10. The maximum atomic E-state index is 6.75. The zero-order chi connectivity index (χ0) is 11.2. The van der Waals surface area contributed by atoms with Gasteiger partial charge in [-0.2, -0.15) is 0 Å². The molecule has 0 bridgehead atoms. The zero-order valence-electron chi connectivity index (χ0n) is 8.72. The van der Waals surface area contributed by atoms with E-state index in [-0.39, 0.29) is 19.5 Å². The number of aromatic nitrogens is 2. The second kappa shape index (κ2) is 15.7. The molecule has 0 aliphatic heterocycles. The van der Waals surface area contributed by atoms with E-state index in [1.807, 2.05) is 36.4 Å². The van der Waals surface area contributed by atoms with Crippen LogP contribution < -0.4 is 0 Å². The van der Waals surface area contributed by atoms with Gasteiger partial charge in [0.15, 0.2) is 0 Å². The summed E-state index contributed by atoms with van der Waals surface area (Å²) in [4.78, 5) is 9.07. The van der Waals surface area contributed by atoms with Crippen molar-refractivity contribution in [1.82, 2.24) is 9.97 Å². The molecule has 0 aliphatic rings. The van der Waals surface area contributed by atoms with E-state index < -0.39 is 0 Å². The van der Waals surface area contributed by atoms with E-state index >= 15 is 0 Å². The molecule has 0 aromatic carbocycles. The minimum absolute atomic E-state index is 0. The summed E-state index contributed by atoms with van der Waals surface area (Å²) >= 11 is 0. The molecular formula is C10H10N5Zn+. The molecule has 2 heterocycles. The van der Waals surface area contributed by atoms with Gasteiger partial charge in [0.25, 0.3) is 0 Å².